The molecule has 7 heteroatoms. The number of hydrogen-bond acceptors (Lipinski definition) is 5. The van der Waals surface area contributed by atoms with Gasteiger partial charge in [0.25, 0.3) is 5.91 Å². The van der Waals surface area contributed by atoms with Crippen molar-refractivity contribution in [2.45, 2.75) is 26.3 Å². The molecule has 2 rings (SSSR count). The summed E-state index contributed by atoms with van der Waals surface area (Å²) in [6.45, 7) is 4.87. The summed E-state index contributed by atoms with van der Waals surface area (Å²) in [6, 6.07) is 4.79. The Kier molecular flexibility index (Phi) is 3.84. The second-order valence-electron chi connectivity index (χ2n) is 4.97. The molecule has 0 bridgehead atoms. The van der Waals surface area contributed by atoms with Gasteiger partial charge in [-0.3, -0.25) is 4.79 Å². The molecule has 0 atom stereocenters. The molecule has 0 spiro atoms. The first-order valence-electron chi connectivity index (χ1n) is 6.44. The summed E-state index contributed by atoms with van der Waals surface area (Å²) in [7, 11) is 0. The van der Waals surface area contributed by atoms with E-state index in [0.717, 1.165) is 0 Å². The third kappa shape index (κ3) is 2.67. The van der Waals surface area contributed by atoms with Crippen molar-refractivity contribution in [1.82, 2.24) is 10.1 Å². The molecule has 2 heterocycles. The lowest BCUT2D eigenvalue weighted by atomic mass is 10.0. The van der Waals surface area contributed by atoms with Crippen molar-refractivity contribution in [3.63, 3.8) is 0 Å². The largest absolute Gasteiger partial charge is 0.480 e. The van der Waals surface area contributed by atoms with E-state index in [1.807, 2.05) is 0 Å². The van der Waals surface area contributed by atoms with Gasteiger partial charge in [-0.15, -0.1) is 0 Å². The Balaban J connectivity index is 2.29. The van der Waals surface area contributed by atoms with Crippen LogP contribution in [0.25, 0.3) is 11.5 Å². The average molecular weight is 292 g/mol. The van der Waals surface area contributed by atoms with E-state index in [9.17, 15) is 14.7 Å². The third-order valence-electron chi connectivity index (χ3n) is 3.25. The van der Waals surface area contributed by atoms with Crippen molar-refractivity contribution >= 4 is 11.9 Å². The lowest BCUT2D eigenvalue weighted by molar-refractivity contribution is -0.147. The van der Waals surface area contributed by atoms with Gasteiger partial charge in [-0.25, -0.2) is 4.79 Å². The summed E-state index contributed by atoms with van der Waals surface area (Å²) < 4.78 is 10.2. The molecule has 2 aromatic heterocycles. The van der Waals surface area contributed by atoms with Crippen LogP contribution in [-0.2, 0) is 4.79 Å². The number of carboxylic acid groups (broad SMARTS) is 1. The molecule has 21 heavy (non-hydrogen) atoms. The monoisotopic (exact) mass is 292 g/mol. The minimum Gasteiger partial charge on any atom is -0.480 e. The van der Waals surface area contributed by atoms with Crippen molar-refractivity contribution in [3.8, 4) is 11.5 Å². The number of furan rings is 1. The fraction of sp³-hybridized carbons (Fsp3) is 0.357. The third-order valence-corrected chi connectivity index (χ3v) is 3.25. The highest BCUT2D eigenvalue weighted by Crippen LogP contribution is 2.23. The van der Waals surface area contributed by atoms with Crippen molar-refractivity contribution in [3.05, 3.63) is 30.2 Å². The van der Waals surface area contributed by atoms with Gasteiger partial charge in [-0.2, -0.15) is 0 Å². The molecule has 0 saturated heterocycles. The average Bonchev–Trinajstić information content (AvgIpc) is 3.10. The zero-order valence-electron chi connectivity index (χ0n) is 12.0. The highest BCUT2D eigenvalue weighted by Gasteiger charge is 2.38. The molecule has 0 radical (unpaired) electrons. The van der Waals surface area contributed by atoms with Crippen LogP contribution < -0.4 is 0 Å². The van der Waals surface area contributed by atoms with Gasteiger partial charge in [0.05, 0.1) is 6.26 Å². The van der Waals surface area contributed by atoms with Gasteiger partial charge in [-0.1, -0.05) is 5.16 Å². The fourth-order valence-electron chi connectivity index (χ4n) is 1.96. The highest BCUT2D eigenvalue weighted by molar-refractivity contribution is 5.96. The van der Waals surface area contributed by atoms with E-state index in [1.165, 1.54) is 31.1 Å². The zero-order chi connectivity index (χ0) is 15.6. The molecular weight excluding hydrogens is 276 g/mol. The van der Waals surface area contributed by atoms with E-state index < -0.39 is 17.4 Å². The van der Waals surface area contributed by atoms with Gasteiger partial charge in [0.1, 0.15) is 5.54 Å². The van der Waals surface area contributed by atoms with E-state index in [-0.39, 0.29) is 12.2 Å². The molecule has 0 unspecified atom stereocenters. The SMILES string of the molecule is CCN(C(=O)c1cc(-c2ccco2)on1)C(C)(C)C(=O)O. The number of rotatable bonds is 5. The molecule has 0 aliphatic rings. The number of aliphatic carboxylic acids is 1. The van der Waals surface area contributed by atoms with Gasteiger partial charge in [0.15, 0.2) is 11.5 Å². The first-order chi connectivity index (χ1) is 9.87. The Morgan fingerprint density at radius 3 is 2.62 bits per heavy atom. The van der Waals surface area contributed by atoms with Gasteiger partial charge in [0.2, 0.25) is 5.76 Å². The fourth-order valence-corrected chi connectivity index (χ4v) is 1.96. The molecule has 7 nitrogen and oxygen atoms in total. The van der Waals surface area contributed by atoms with Crippen molar-refractivity contribution in [1.29, 1.82) is 0 Å². The quantitative estimate of drug-likeness (QED) is 0.907. The van der Waals surface area contributed by atoms with Crippen LogP contribution in [0.15, 0.2) is 33.4 Å². The highest BCUT2D eigenvalue weighted by atomic mass is 16.5. The summed E-state index contributed by atoms with van der Waals surface area (Å²) in [5.74, 6) is -0.839. The van der Waals surface area contributed by atoms with E-state index in [0.29, 0.717) is 11.5 Å². The molecule has 0 aromatic carbocycles. The molecular formula is C14H16N2O5. The number of amides is 1. The maximum absolute atomic E-state index is 12.4. The van der Waals surface area contributed by atoms with E-state index >= 15 is 0 Å². The predicted molar refractivity (Wildman–Crippen MR) is 72.6 cm³/mol. The van der Waals surface area contributed by atoms with E-state index in [1.54, 1.807) is 19.1 Å². The molecule has 112 valence electrons. The van der Waals surface area contributed by atoms with Gasteiger partial charge < -0.3 is 18.9 Å². The Morgan fingerprint density at radius 1 is 1.38 bits per heavy atom. The van der Waals surface area contributed by atoms with Crippen LogP contribution in [0.5, 0.6) is 0 Å². The lowest BCUT2D eigenvalue weighted by Gasteiger charge is -2.33. The molecule has 1 amide bonds. The van der Waals surface area contributed by atoms with Crippen LogP contribution in [0, 0.1) is 0 Å². The van der Waals surface area contributed by atoms with Gasteiger partial charge in [-0.05, 0) is 32.9 Å². The van der Waals surface area contributed by atoms with Crippen LogP contribution in [0.2, 0.25) is 0 Å². The summed E-state index contributed by atoms with van der Waals surface area (Å²) in [5.41, 5.74) is -1.30. The molecule has 1 N–H and O–H groups in total. The number of hydrogen-bond donors (Lipinski definition) is 1. The van der Waals surface area contributed by atoms with Crippen LogP contribution >= 0.6 is 0 Å². The second kappa shape index (κ2) is 5.43. The van der Waals surface area contributed by atoms with Crippen molar-refractivity contribution in [2.24, 2.45) is 0 Å². The zero-order valence-corrected chi connectivity index (χ0v) is 12.0. The summed E-state index contributed by atoms with van der Waals surface area (Å²) in [4.78, 5) is 24.9. The first kappa shape index (κ1) is 14.8. The van der Waals surface area contributed by atoms with Crippen LogP contribution in [-0.4, -0.2) is 39.1 Å². The minimum atomic E-state index is -1.34. The lowest BCUT2D eigenvalue weighted by Crippen LogP contribution is -2.53. The van der Waals surface area contributed by atoms with Crippen molar-refractivity contribution < 1.29 is 23.6 Å². The Bertz CT molecular complexity index is 642. The Labute approximate surface area is 121 Å². The van der Waals surface area contributed by atoms with E-state index in [4.69, 9.17) is 8.94 Å². The van der Waals surface area contributed by atoms with E-state index in [2.05, 4.69) is 5.16 Å². The normalized spacial score (nSPS) is 11.4. The summed E-state index contributed by atoms with van der Waals surface area (Å²) in [6.07, 6.45) is 1.48. The maximum atomic E-state index is 12.4. The molecule has 0 saturated carbocycles. The molecule has 0 aliphatic heterocycles. The maximum Gasteiger partial charge on any atom is 0.329 e. The summed E-state index contributed by atoms with van der Waals surface area (Å²) in [5, 5.41) is 12.9. The number of likely N-dealkylation sites (N-methyl/N-ethyl adjacent to an activating group) is 1. The number of carbonyl (C=O) groups excluding carboxylic acids is 1. The van der Waals surface area contributed by atoms with Crippen LogP contribution in [0.1, 0.15) is 31.3 Å². The molecule has 2 aromatic rings. The first-order valence-corrected chi connectivity index (χ1v) is 6.44. The second-order valence-corrected chi connectivity index (χ2v) is 4.97. The number of carbonyl (C=O) groups is 2. The minimum absolute atomic E-state index is 0.0394. The molecule has 0 aliphatic carbocycles. The van der Waals surface area contributed by atoms with Crippen molar-refractivity contribution in [2.75, 3.05) is 6.54 Å². The van der Waals surface area contributed by atoms with Gasteiger partial charge >= 0.3 is 5.97 Å². The summed E-state index contributed by atoms with van der Waals surface area (Å²) >= 11 is 0. The smallest absolute Gasteiger partial charge is 0.329 e. The predicted octanol–water partition coefficient (Wildman–Crippen LogP) is 2.26. The molecule has 0 fully saturated rings. The Hall–Kier alpha value is -2.57. The van der Waals surface area contributed by atoms with Gasteiger partial charge in [0, 0.05) is 12.6 Å². The van der Waals surface area contributed by atoms with Crippen LogP contribution in [0.4, 0.5) is 0 Å². The topological polar surface area (TPSA) is 96.8 Å². The Morgan fingerprint density at radius 2 is 2.10 bits per heavy atom. The number of carboxylic acids is 1. The standard InChI is InChI=1S/C14H16N2O5/c1-4-16(14(2,3)13(18)19)12(17)9-8-11(21-15-9)10-6-5-7-20-10/h5-8H,4H2,1-3H3,(H,18,19). The number of nitrogens with zero attached hydrogens (tertiary/aromatic N) is 2. The van der Waals surface area contributed by atoms with Crippen LogP contribution in [0.3, 0.4) is 0 Å². The number of aromatic nitrogens is 1.